The summed E-state index contributed by atoms with van der Waals surface area (Å²) in [7, 11) is 0. The van der Waals surface area contributed by atoms with Crippen LogP contribution in [0.1, 0.15) is 29.6 Å². The number of carbonyl (C=O) groups is 3. The third-order valence-corrected chi connectivity index (χ3v) is 11.1. The normalized spacial score (nSPS) is 14.8. The highest BCUT2D eigenvalue weighted by atomic mass is 32.9. The summed E-state index contributed by atoms with van der Waals surface area (Å²) in [6.07, 6.45) is -2.86. The number of esters is 2. The molecule has 0 spiro atoms. The number of amides is 1. The van der Waals surface area contributed by atoms with E-state index >= 15 is 0 Å². The Morgan fingerprint density at radius 2 is 1.65 bits per heavy atom. The molecule has 1 aliphatic heterocycles. The number of nitrogens with one attached hydrogen (secondary N) is 1. The number of rotatable bonds is 18. The first kappa shape index (κ1) is 37.8. The Kier molecular flexibility index (Phi) is 14.2. The summed E-state index contributed by atoms with van der Waals surface area (Å²) in [6.45, 7) is 0.965. The predicted octanol–water partition coefficient (Wildman–Crippen LogP) is 2.11. The molecule has 48 heavy (non-hydrogen) atoms. The van der Waals surface area contributed by atoms with E-state index < -0.39 is 63.4 Å². The third-order valence-electron chi connectivity index (χ3n) is 6.20. The highest BCUT2D eigenvalue weighted by Gasteiger charge is 2.27. The van der Waals surface area contributed by atoms with Gasteiger partial charge in [-0.1, -0.05) is 11.8 Å². The fourth-order valence-electron chi connectivity index (χ4n) is 4.05. The van der Waals surface area contributed by atoms with E-state index in [9.17, 15) is 44.7 Å². The maximum atomic E-state index is 13.2. The zero-order valence-corrected chi connectivity index (χ0v) is 27.3. The van der Waals surface area contributed by atoms with Gasteiger partial charge in [0.05, 0.1) is 31.6 Å². The molecule has 260 valence electrons. The molecule has 1 amide bonds. The number of thiol groups is 1. The van der Waals surface area contributed by atoms with Gasteiger partial charge in [0.25, 0.3) is 15.3 Å². The molecule has 1 aliphatic rings. The van der Waals surface area contributed by atoms with E-state index in [1.165, 1.54) is 18.2 Å². The summed E-state index contributed by atoms with van der Waals surface area (Å²) in [4.78, 5) is 82.3. The molecule has 0 aromatic heterocycles. The van der Waals surface area contributed by atoms with Crippen molar-refractivity contribution in [1.82, 2.24) is 4.67 Å². The van der Waals surface area contributed by atoms with E-state index in [4.69, 9.17) is 38.3 Å². The standard InChI is InChI=1S/C25H28N5O15PS2/c31-23(2-1-11-41-28(34)35)26-17-3-8-21(22(14-17)44-24(32)15-19(45-30(38)39)16-42-29(36)37)25(33)43-18-4-6-20(7-5-18)46(47,48)27-9-12-40-13-10-27/h3-8,14,19H,1-2,9-13,15-16H2,(H,26,31)(H,47,48). The first-order valence-electron chi connectivity index (χ1n) is 13.7. The number of benzene rings is 2. The molecular weight excluding hydrogens is 705 g/mol. The van der Waals surface area contributed by atoms with Gasteiger partial charge < -0.3 is 34.0 Å². The molecule has 20 nitrogen and oxygen atoms in total. The van der Waals surface area contributed by atoms with Gasteiger partial charge in [0.1, 0.15) is 29.8 Å². The second kappa shape index (κ2) is 18.1. The van der Waals surface area contributed by atoms with Crippen LogP contribution in [0.5, 0.6) is 11.5 Å². The second-order valence-electron chi connectivity index (χ2n) is 9.56. The highest BCUT2D eigenvalue weighted by Crippen LogP contribution is 2.53. The lowest BCUT2D eigenvalue weighted by molar-refractivity contribution is -0.789. The van der Waals surface area contributed by atoms with Gasteiger partial charge in [-0.15, -0.1) is 42.6 Å². The van der Waals surface area contributed by atoms with Crippen LogP contribution < -0.4 is 20.1 Å². The van der Waals surface area contributed by atoms with Crippen molar-refractivity contribution < 1.29 is 58.4 Å². The van der Waals surface area contributed by atoms with E-state index in [2.05, 4.69) is 24.5 Å². The number of hydrogen-bond acceptors (Lipinski definition) is 16. The smallest absolute Gasteiger partial charge is 0.347 e. The Balaban J connectivity index is 1.79. The van der Waals surface area contributed by atoms with Crippen LogP contribution in [-0.4, -0.2) is 83.4 Å². The molecule has 0 bridgehead atoms. The fourth-order valence-corrected chi connectivity index (χ4v) is 7.41. The summed E-state index contributed by atoms with van der Waals surface area (Å²) >= 11 is 10.5. The number of nitrogens with zero attached hydrogens (tertiary/aromatic N) is 4. The van der Waals surface area contributed by atoms with Crippen LogP contribution in [0.25, 0.3) is 0 Å². The van der Waals surface area contributed by atoms with E-state index in [0.717, 1.165) is 17.4 Å². The van der Waals surface area contributed by atoms with Crippen molar-refractivity contribution in [2.24, 2.45) is 0 Å². The zero-order valence-electron chi connectivity index (χ0n) is 24.7. The van der Waals surface area contributed by atoms with E-state index in [1.807, 2.05) is 0 Å². The minimum absolute atomic E-state index is 0.00381. The molecule has 0 saturated carbocycles. The van der Waals surface area contributed by atoms with E-state index in [1.54, 1.807) is 12.1 Å². The van der Waals surface area contributed by atoms with Gasteiger partial charge in [-0.25, -0.2) is 4.79 Å². The van der Waals surface area contributed by atoms with E-state index in [-0.39, 0.29) is 36.4 Å². The zero-order chi connectivity index (χ0) is 35.3. The second-order valence-corrected chi connectivity index (χ2v) is 15.9. The summed E-state index contributed by atoms with van der Waals surface area (Å²) in [6, 6.07) is 9.88. The molecule has 2 aromatic rings. The topological polar surface area (TPSA) is 251 Å². The SMILES string of the molecule is O=C(CCCO[N+](=O)[O-])Nc1ccc(C(=O)Oc2ccc(P(=S)(S)N3CCOCC3)cc2)c(OC(=O)CC(CO[N+](=O)[O-])O[N+](=O)[O-])c1. The molecule has 2 atom stereocenters. The predicted molar refractivity (Wildman–Crippen MR) is 169 cm³/mol. The summed E-state index contributed by atoms with van der Waals surface area (Å²) in [5.74, 6) is -3.20. The van der Waals surface area contributed by atoms with Gasteiger partial charge >= 0.3 is 11.9 Å². The Hall–Kier alpha value is -4.63. The van der Waals surface area contributed by atoms with Crippen LogP contribution in [0.4, 0.5) is 5.69 Å². The number of morpholine rings is 1. The van der Waals surface area contributed by atoms with Gasteiger partial charge in [0, 0.05) is 36.6 Å². The molecule has 23 heteroatoms. The molecule has 1 fully saturated rings. The minimum atomic E-state index is -2.41. The van der Waals surface area contributed by atoms with Crippen LogP contribution >= 0.6 is 17.6 Å². The van der Waals surface area contributed by atoms with Crippen LogP contribution in [0.3, 0.4) is 0 Å². The molecule has 0 radical (unpaired) electrons. The fraction of sp³-hybridized carbons (Fsp3) is 0.400. The lowest BCUT2D eigenvalue weighted by atomic mass is 10.1. The van der Waals surface area contributed by atoms with Gasteiger partial charge in [-0.05, 0) is 42.8 Å². The van der Waals surface area contributed by atoms with Crippen molar-refractivity contribution in [2.45, 2.75) is 25.4 Å². The molecule has 1 N–H and O–H groups in total. The molecule has 0 aliphatic carbocycles. The molecule has 1 saturated heterocycles. The van der Waals surface area contributed by atoms with Gasteiger partial charge in [-0.3, -0.25) is 14.3 Å². The first-order chi connectivity index (χ1) is 22.7. The number of hydrogen-bond donors (Lipinski definition) is 2. The van der Waals surface area contributed by atoms with Crippen molar-refractivity contribution in [3.8, 4) is 11.5 Å². The van der Waals surface area contributed by atoms with Gasteiger partial charge in [0.2, 0.25) is 5.91 Å². The Morgan fingerprint density at radius 3 is 2.27 bits per heavy atom. The molecule has 3 rings (SSSR count). The largest absolute Gasteiger partial charge is 0.425 e. The average Bonchev–Trinajstić information content (AvgIpc) is 3.02. The van der Waals surface area contributed by atoms with Crippen LogP contribution in [0.15, 0.2) is 42.5 Å². The quantitative estimate of drug-likeness (QED) is 0.0423. The Morgan fingerprint density at radius 1 is 0.979 bits per heavy atom. The van der Waals surface area contributed by atoms with Crippen molar-refractivity contribution in [3.63, 3.8) is 0 Å². The number of anilines is 1. The van der Waals surface area contributed by atoms with E-state index in [0.29, 0.717) is 26.3 Å². The van der Waals surface area contributed by atoms with Crippen molar-refractivity contribution in [1.29, 1.82) is 0 Å². The van der Waals surface area contributed by atoms with Crippen LogP contribution in [-0.2, 0) is 40.6 Å². The average molecular weight is 734 g/mol. The molecule has 2 aromatic carbocycles. The van der Waals surface area contributed by atoms with Crippen LogP contribution in [0, 0.1) is 30.3 Å². The number of ether oxygens (including phenoxy) is 3. The minimum Gasteiger partial charge on any atom is -0.425 e. The molecular formula is C25H28N5O15PS2. The first-order valence-corrected chi connectivity index (χ1v) is 17.6. The van der Waals surface area contributed by atoms with Gasteiger partial charge in [0.15, 0.2) is 0 Å². The van der Waals surface area contributed by atoms with Gasteiger partial charge in [-0.2, -0.15) is 0 Å². The van der Waals surface area contributed by atoms with Crippen molar-refractivity contribution >= 4 is 58.3 Å². The Labute approximate surface area is 281 Å². The monoisotopic (exact) mass is 733 g/mol. The molecule has 2 unspecified atom stereocenters. The summed E-state index contributed by atoms with van der Waals surface area (Å²) in [5.41, 5.74) is -0.290. The third kappa shape index (κ3) is 12.2. The van der Waals surface area contributed by atoms with Crippen LogP contribution in [0.2, 0.25) is 0 Å². The van der Waals surface area contributed by atoms with Crippen molar-refractivity contribution in [3.05, 3.63) is 78.4 Å². The highest BCUT2D eigenvalue weighted by molar-refractivity contribution is 8.65. The summed E-state index contributed by atoms with van der Waals surface area (Å²) < 4.78 is 18.1. The van der Waals surface area contributed by atoms with Crippen molar-refractivity contribution in [2.75, 3.05) is 44.8 Å². The maximum absolute atomic E-state index is 13.2. The Bertz CT molecular complexity index is 1560. The summed E-state index contributed by atoms with van der Waals surface area (Å²) in [5, 5.41) is 28.9. The maximum Gasteiger partial charge on any atom is 0.347 e. The molecule has 1 heterocycles. The lowest BCUT2D eigenvalue weighted by Crippen LogP contribution is -2.35. The lowest BCUT2D eigenvalue weighted by Gasteiger charge is -2.34. The number of carbonyl (C=O) groups excluding carboxylic acids is 3.